The predicted molar refractivity (Wildman–Crippen MR) is 120 cm³/mol. The Bertz CT molecular complexity index is 1440. The number of fused-ring (bicyclic) bond motifs is 2. The van der Waals surface area contributed by atoms with Gasteiger partial charge < -0.3 is 4.98 Å². The molecule has 0 radical (unpaired) electrons. The molecule has 0 atom stereocenters. The molecule has 0 spiro atoms. The molecule has 6 aromatic rings. The zero-order valence-corrected chi connectivity index (χ0v) is 16.2. The Hall–Kier alpha value is -3.70. The molecule has 2 N–H and O–H groups in total. The fourth-order valence-electron chi connectivity index (χ4n) is 3.86. The van der Waals surface area contributed by atoms with Crippen molar-refractivity contribution in [1.29, 1.82) is 0 Å². The quantitative estimate of drug-likeness (QED) is 0.361. The van der Waals surface area contributed by atoms with Gasteiger partial charge in [0.1, 0.15) is 5.69 Å². The fraction of sp³-hybridized carbons (Fsp3) is 0. The predicted octanol–water partition coefficient (Wildman–Crippen LogP) is 6.50. The number of rotatable bonds is 3. The van der Waals surface area contributed by atoms with Gasteiger partial charge in [0.15, 0.2) is 0 Å². The van der Waals surface area contributed by atoms with Crippen LogP contribution in [0.3, 0.4) is 0 Å². The van der Waals surface area contributed by atoms with Crippen molar-refractivity contribution in [2.24, 2.45) is 0 Å². The lowest BCUT2D eigenvalue weighted by Crippen LogP contribution is -1.82. The number of nitrogens with zero attached hydrogens (tertiary/aromatic N) is 2. The first kappa shape index (κ1) is 16.3. The molecule has 0 saturated heterocycles. The van der Waals surface area contributed by atoms with E-state index in [2.05, 4.69) is 79.5 Å². The smallest absolute Gasteiger partial charge is 0.116 e. The van der Waals surface area contributed by atoms with E-state index in [9.17, 15) is 0 Å². The zero-order valence-electron chi connectivity index (χ0n) is 15.4. The molecule has 0 bridgehead atoms. The first-order chi connectivity index (χ1) is 14.4. The number of hydrogen-bond donors (Lipinski definition) is 2. The molecule has 6 rings (SSSR count). The van der Waals surface area contributed by atoms with E-state index in [1.165, 1.54) is 16.5 Å². The van der Waals surface area contributed by atoms with E-state index in [1.54, 1.807) is 11.3 Å². The Balaban J connectivity index is 1.53. The summed E-state index contributed by atoms with van der Waals surface area (Å²) in [6, 6.07) is 23.0. The molecule has 0 amide bonds. The summed E-state index contributed by atoms with van der Waals surface area (Å²) in [5.74, 6) is 0. The maximum Gasteiger partial charge on any atom is 0.116 e. The van der Waals surface area contributed by atoms with E-state index in [-0.39, 0.29) is 0 Å². The number of benzene rings is 2. The molecule has 0 aliphatic heterocycles. The first-order valence-electron chi connectivity index (χ1n) is 9.41. The number of aromatic nitrogens is 4. The third-order valence-electron chi connectivity index (χ3n) is 5.27. The summed E-state index contributed by atoms with van der Waals surface area (Å²) in [7, 11) is 0. The zero-order chi connectivity index (χ0) is 19.2. The summed E-state index contributed by atoms with van der Waals surface area (Å²) >= 11 is 1.72. The van der Waals surface area contributed by atoms with E-state index in [0.717, 1.165) is 39.1 Å². The SMILES string of the molecule is c1ccc(-c2ccc3[nH]nc(-c4cc5c(-c6ccsc6)cccc5[nH]4)c3c2)nc1. The molecule has 0 saturated carbocycles. The van der Waals surface area contributed by atoms with Crippen LogP contribution in [-0.2, 0) is 0 Å². The average molecular weight is 392 g/mol. The maximum atomic E-state index is 4.61. The minimum atomic E-state index is 0.922. The Kier molecular flexibility index (Phi) is 3.61. The van der Waals surface area contributed by atoms with Crippen molar-refractivity contribution in [3.63, 3.8) is 0 Å². The molecule has 2 aromatic carbocycles. The molecule has 4 heterocycles. The van der Waals surface area contributed by atoms with Crippen LogP contribution in [0.25, 0.3) is 55.6 Å². The molecule has 5 heteroatoms. The minimum Gasteiger partial charge on any atom is -0.353 e. The van der Waals surface area contributed by atoms with Crippen LogP contribution in [-0.4, -0.2) is 20.2 Å². The van der Waals surface area contributed by atoms with Crippen LogP contribution in [0.4, 0.5) is 0 Å². The van der Waals surface area contributed by atoms with Gasteiger partial charge in [0.25, 0.3) is 0 Å². The van der Waals surface area contributed by atoms with Crippen molar-refractivity contribution in [3.8, 4) is 33.8 Å². The normalized spacial score (nSPS) is 11.4. The largest absolute Gasteiger partial charge is 0.353 e. The van der Waals surface area contributed by atoms with Crippen LogP contribution in [0.1, 0.15) is 0 Å². The van der Waals surface area contributed by atoms with Gasteiger partial charge in [-0.05, 0) is 64.4 Å². The van der Waals surface area contributed by atoms with E-state index >= 15 is 0 Å². The minimum absolute atomic E-state index is 0.922. The molecule has 0 aliphatic carbocycles. The highest BCUT2D eigenvalue weighted by Gasteiger charge is 2.14. The van der Waals surface area contributed by atoms with Crippen LogP contribution in [0, 0.1) is 0 Å². The molecule has 4 aromatic heterocycles. The second kappa shape index (κ2) is 6.43. The Labute approximate surface area is 170 Å². The van der Waals surface area contributed by atoms with Gasteiger partial charge in [0.05, 0.1) is 16.9 Å². The van der Waals surface area contributed by atoms with E-state index in [4.69, 9.17) is 0 Å². The lowest BCUT2D eigenvalue weighted by Gasteiger charge is -2.01. The van der Waals surface area contributed by atoms with Crippen LogP contribution in [0.5, 0.6) is 0 Å². The summed E-state index contributed by atoms with van der Waals surface area (Å²) < 4.78 is 0. The van der Waals surface area contributed by atoms with Crippen molar-refractivity contribution >= 4 is 33.1 Å². The molecule has 138 valence electrons. The van der Waals surface area contributed by atoms with Crippen molar-refractivity contribution in [2.45, 2.75) is 0 Å². The third-order valence-corrected chi connectivity index (χ3v) is 5.96. The summed E-state index contributed by atoms with van der Waals surface area (Å²) in [4.78, 5) is 8.04. The summed E-state index contributed by atoms with van der Waals surface area (Å²) in [5.41, 5.74) is 8.57. The monoisotopic (exact) mass is 392 g/mol. The lowest BCUT2D eigenvalue weighted by molar-refractivity contribution is 1.12. The van der Waals surface area contributed by atoms with Crippen molar-refractivity contribution in [2.75, 3.05) is 0 Å². The Morgan fingerprint density at radius 1 is 0.793 bits per heavy atom. The maximum absolute atomic E-state index is 4.61. The van der Waals surface area contributed by atoms with Gasteiger partial charge in [-0.2, -0.15) is 16.4 Å². The third kappa shape index (κ3) is 2.67. The van der Waals surface area contributed by atoms with Crippen LogP contribution in [0.2, 0.25) is 0 Å². The lowest BCUT2D eigenvalue weighted by atomic mass is 10.0. The summed E-state index contributed by atoms with van der Waals surface area (Å²) in [6.07, 6.45) is 1.82. The van der Waals surface area contributed by atoms with Gasteiger partial charge in [0.2, 0.25) is 0 Å². The fourth-order valence-corrected chi connectivity index (χ4v) is 4.52. The van der Waals surface area contributed by atoms with Crippen molar-refractivity contribution < 1.29 is 0 Å². The molecule has 0 fully saturated rings. The number of aromatic amines is 2. The number of thiophene rings is 1. The molecule has 0 unspecified atom stereocenters. The van der Waals surface area contributed by atoms with Crippen LogP contribution < -0.4 is 0 Å². The molecular formula is C24H16N4S. The second-order valence-electron chi connectivity index (χ2n) is 7.01. The highest BCUT2D eigenvalue weighted by Crippen LogP contribution is 2.35. The first-order valence-corrected chi connectivity index (χ1v) is 10.4. The van der Waals surface area contributed by atoms with Gasteiger partial charge in [-0.25, -0.2) is 0 Å². The number of pyridine rings is 1. The molecular weight excluding hydrogens is 376 g/mol. The van der Waals surface area contributed by atoms with Crippen molar-refractivity contribution in [1.82, 2.24) is 20.2 Å². The highest BCUT2D eigenvalue weighted by atomic mass is 32.1. The van der Waals surface area contributed by atoms with E-state index in [1.807, 2.05) is 24.4 Å². The van der Waals surface area contributed by atoms with Gasteiger partial charge >= 0.3 is 0 Å². The second-order valence-corrected chi connectivity index (χ2v) is 7.79. The van der Waals surface area contributed by atoms with Gasteiger partial charge in [-0.15, -0.1) is 0 Å². The summed E-state index contributed by atoms with van der Waals surface area (Å²) in [6.45, 7) is 0. The molecule has 29 heavy (non-hydrogen) atoms. The van der Waals surface area contributed by atoms with Gasteiger partial charge in [-0.3, -0.25) is 10.1 Å². The Morgan fingerprint density at radius 3 is 2.66 bits per heavy atom. The topological polar surface area (TPSA) is 57.4 Å². The number of nitrogens with one attached hydrogen (secondary N) is 2. The van der Waals surface area contributed by atoms with E-state index in [0.29, 0.717) is 0 Å². The number of hydrogen-bond acceptors (Lipinski definition) is 3. The molecule has 4 nitrogen and oxygen atoms in total. The van der Waals surface area contributed by atoms with Gasteiger partial charge in [0, 0.05) is 28.0 Å². The van der Waals surface area contributed by atoms with Crippen molar-refractivity contribution in [3.05, 3.63) is 83.7 Å². The average Bonchev–Trinajstić information content (AvgIpc) is 3.52. The summed E-state index contributed by atoms with van der Waals surface area (Å²) in [5, 5.41) is 14.4. The number of H-pyrrole nitrogens is 2. The van der Waals surface area contributed by atoms with E-state index < -0.39 is 0 Å². The van der Waals surface area contributed by atoms with Gasteiger partial charge in [-0.1, -0.05) is 24.3 Å². The Morgan fingerprint density at radius 2 is 1.79 bits per heavy atom. The van der Waals surface area contributed by atoms with Crippen LogP contribution in [0.15, 0.2) is 83.7 Å². The standard InChI is InChI=1S/C24H16N4S/c1-2-10-25-20(5-1)15-7-8-22-19(12-15)24(28-27-22)23-13-18-17(16-9-11-29-14-16)4-3-6-21(18)26-23/h1-14,26H,(H,27,28). The molecule has 0 aliphatic rings. The highest BCUT2D eigenvalue weighted by molar-refractivity contribution is 7.08. The van der Waals surface area contributed by atoms with Crippen LogP contribution >= 0.6 is 11.3 Å².